The monoisotopic (exact) mass is 308 g/mol. The molecule has 110 valence electrons. The van der Waals surface area contributed by atoms with Crippen molar-refractivity contribution >= 4 is 5.69 Å². The highest BCUT2D eigenvalue weighted by Gasteiger charge is 2.31. The molecule has 0 unspecified atom stereocenters. The minimum Gasteiger partial charge on any atom is -0.258 e. The Kier molecular flexibility index (Phi) is 3.54. The van der Waals surface area contributed by atoms with E-state index in [4.69, 9.17) is 0 Å². The predicted molar refractivity (Wildman–Crippen MR) is 56.1 cm³/mol. The lowest BCUT2D eigenvalue weighted by molar-refractivity contribution is -0.384. The quantitative estimate of drug-likeness (QED) is 0.280. The van der Waals surface area contributed by atoms with Gasteiger partial charge < -0.3 is 0 Å². The van der Waals surface area contributed by atoms with E-state index >= 15 is 0 Å². The van der Waals surface area contributed by atoms with E-state index in [1.807, 2.05) is 0 Å². The van der Waals surface area contributed by atoms with E-state index in [-0.39, 0.29) is 6.07 Å². The summed E-state index contributed by atoms with van der Waals surface area (Å²) in [6.07, 6.45) is 0.348. The Morgan fingerprint density at radius 1 is 0.905 bits per heavy atom. The van der Waals surface area contributed by atoms with E-state index in [9.17, 15) is 36.5 Å². The van der Waals surface area contributed by atoms with Crippen LogP contribution in [-0.2, 0) is 0 Å². The maximum Gasteiger partial charge on any atom is 0.298 e. The number of halogens is 6. The van der Waals surface area contributed by atoms with E-state index in [1.54, 1.807) is 0 Å². The van der Waals surface area contributed by atoms with Crippen molar-refractivity contribution in [2.45, 2.75) is 0 Å². The molecule has 4 nitrogen and oxygen atoms in total. The van der Waals surface area contributed by atoms with Gasteiger partial charge in [-0.05, 0) is 0 Å². The number of pyridine rings is 1. The molecule has 0 saturated heterocycles. The Bertz CT molecular complexity index is 736. The SMILES string of the molecule is O=[N+]([O-])c1cc(F)cnc1-c1c(F)c(F)c(F)c(F)c1F. The topological polar surface area (TPSA) is 56.0 Å². The molecule has 1 aromatic heterocycles. The van der Waals surface area contributed by atoms with Crippen LogP contribution in [0, 0.1) is 45.0 Å². The van der Waals surface area contributed by atoms with E-state index < -0.39 is 56.8 Å². The Morgan fingerprint density at radius 2 is 1.38 bits per heavy atom. The van der Waals surface area contributed by atoms with Crippen LogP contribution in [0.2, 0.25) is 0 Å². The van der Waals surface area contributed by atoms with Crippen LogP contribution in [0.25, 0.3) is 11.3 Å². The van der Waals surface area contributed by atoms with Crippen LogP contribution in [0.4, 0.5) is 32.0 Å². The summed E-state index contributed by atoms with van der Waals surface area (Å²) in [5.74, 6) is -12.8. The zero-order chi connectivity index (χ0) is 15.9. The molecule has 0 atom stereocenters. The highest BCUT2D eigenvalue weighted by atomic mass is 19.2. The van der Waals surface area contributed by atoms with Crippen LogP contribution in [-0.4, -0.2) is 9.91 Å². The highest BCUT2D eigenvalue weighted by molar-refractivity contribution is 5.70. The van der Waals surface area contributed by atoms with Gasteiger partial charge in [0.05, 0.1) is 22.7 Å². The van der Waals surface area contributed by atoms with E-state index in [1.165, 1.54) is 0 Å². The first-order valence-corrected chi connectivity index (χ1v) is 5.07. The van der Waals surface area contributed by atoms with Gasteiger partial charge in [-0.1, -0.05) is 0 Å². The van der Waals surface area contributed by atoms with Gasteiger partial charge in [-0.15, -0.1) is 0 Å². The summed E-state index contributed by atoms with van der Waals surface area (Å²) >= 11 is 0. The Morgan fingerprint density at radius 3 is 1.86 bits per heavy atom. The first kappa shape index (κ1) is 14.8. The Hall–Kier alpha value is -2.65. The predicted octanol–water partition coefficient (Wildman–Crippen LogP) is 3.49. The molecule has 0 aliphatic heterocycles. The lowest BCUT2D eigenvalue weighted by atomic mass is 10.1. The van der Waals surface area contributed by atoms with Crippen molar-refractivity contribution in [3.05, 3.63) is 57.3 Å². The molecule has 0 aliphatic rings. The van der Waals surface area contributed by atoms with Crippen LogP contribution in [0.5, 0.6) is 0 Å². The molecule has 0 aliphatic carbocycles. The van der Waals surface area contributed by atoms with Crippen molar-refractivity contribution < 1.29 is 31.3 Å². The van der Waals surface area contributed by atoms with Gasteiger partial charge in [0.1, 0.15) is 5.82 Å². The summed E-state index contributed by atoms with van der Waals surface area (Å²) < 4.78 is 79.0. The third kappa shape index (κ3) is 2.28. The molecule has 10 heteroatoms. The smallest absolute Gasteiger partial charge is 0.258 e. The average molecular weight is 308 g/mol. The van der Waals surface area contributed by atoms with Crippen molar-refractivity contribution in [1.82, 2.24) is 4.98 Å². The zero-order valence-electron chi connectivity index (χ0n) is 9.63. The minimum absolute atomic E-state index is 0.250. The number of aromatic nitrogens is 1. The summed E-state index contributed by atoms with van der Waals surface area (Å²) in [4.78, 5) is 12.5. The maximum absolute atomic E-state index is 13.6. The van der Waals surface area contributed by atoms with Crippen molar-refractivity contribution in [3.63, 3.8) is 0 Å². The largest absolute Gasteiger partial charge is 0.298 e. The standard InChI is InChI=1S/C11H2F6N2O2/c12-3-1-4(19(20)21)11(18-2-3)5-6(13)8(15)10(17)9(16)7(5)14/h1-2H. The number of benzene rings is 1. The first-order valence-electron chi connectivity index (χ1n) is 5.07. The van der Waals surface area contributed by atoms with Crippen molar-refractivity contribution in [2.24, 2.45) is 0 Å². The Balaban J connectivity index is 2.89. The molecule has 0 amide bonds. The van der Waals surface area contributed by atoms with Gasteiger partial charge in [0.15, 0.2) is 29.0 Å². The first-order chi connectivity index (χ1) is 9.75. The van der Waals surface area contributed by atoms with Gasteiger partial charge in [0.2, 0.25) is 5.82 Å². The number of nitrogens with zero attached hydrogens (tertiary/aromatic N) is 2. The van der Waals surface area contributed by atoms with Crippen LogP contribution < -0.4 is 0 Å². The second kappa shape index (κ2) is 5.04. The molecule has 2 rings (SSSR count). The van der Waals surface area contributed by atoms with Gasteiger partial charge in [-0.2, -0.15) is 0 Å². The third-order valence-corrected chi connectivity index (χ3v) is 2.48. The highest BCUT2D eigenvalue weighted by Crippen LogP contribution is 2.35. The molecule has 1 heterocycles. The van der Waals surface area contributed by atoms with Gasteiger partial charge >= 0.3 is 0 Å². The van der Waals surface area contributed by atoms with Crippen LogP contribution in [0.15, 0.2) is 12.3 Å². The zero-order valence-corrected chi connectivity index (χ0v) is 9.63. The van der Waals surface area contributed by atoms with Gasteiger partial charge in [-0.25, -0.2) is 31.3 Å². The fourth-order valence-corrected chi connectivity index (χ4v) is 1.57. The number of nitro groups is 1. The molecule has 0 N–H and O–H groups in total. The molecular formula is C11H2F6N2O2. The molecule has 1 aromatic carbocycles. The molecule has 0 fully saturated rings. The molecular weight excluding hydrogens is 306 g/mol. The number of rotatable bonds is 2. The van der Waals surface area contributed by atoms with Crippen molar-refractivity contribution in [2.75, 3.05) is 0 Å². The molecule has 2 aromatic rings. The summed E-state index contributed by atoms with van der Waals surface area (Å²) in [5, 5.41) is 10.7. The van der Waals surface area contributed by atoms with Gasteiger partial charge in [-0.3, -0.25) is 10.1 Å². The van der Waals surface area contributed by atoms with Crippen LogP contribution in [0.3, 0.4) is 0 Å². The van der Waals surface area contributed by atoms with Crippen LogP contribution in [0.1, 0.15) is 0 Å². The van der Waals surface area contributed by atoms with Gasteiger partial charge in [0, 0.05) is 0 Å². The number of hydrogen-bond donors (Lipinski definition) is 0. The molecule has 0 saturated carbocycles. The second-order valence-electron chi connectivity index (χ2n) is 3.72. The van der Waals surface area contributed by atoms with Crippen molar-refractivity contribution in [1.29, 1.82) is 0 Å². The lowest BCUT2D eigenvalue weighted by Crippen LogP contribution is -2.06. The summed E-state index contributed by atoms with van der Waals surface area (Å²) in [6.45, 7) is 0. The lowest BCUT2D eigenvalue weighted by Gasteiger charge is -2.08. The minimum atomic E-state index is -2.42. The van der Waals surface area contributed by atoms with E-state index in [0.29, 0.717) is 6.20 Å². The second-order valence-corrected chi connectivity index (χ2v) is 3.72. The average Bonchev–Trinajstić information content (AvgIpc) is 2.44. The normalized spacial score (nSPS) is 10.8. The van der Waals surface area contributed by atoms with Gasteiger partial charge in [0.25, 0.3) is 5.69 Å². The third-order valence-electron chi connectivity index (χ3n) is 2.48. The summed E-state index contributed by atoms with van der Waals surface area (Å²) in [7, 11) is 0. The van der Waals surface area contributed by atoms with E-state index in [0.717, 1.165) is 0 Å². The van der Waals surface area contributed by atoms with E-state index in [2.05, 4.69) is 4.98 Å². The number of hydrogen-bond acceptors (Lipinski definition) is 3. The molecule has 0 bridgehead atoms. The molecule has 21 heavy (non-hydrogen) atoms. The summed E-state index contributed by atoms with van der Waals surface area (Å²) in [5.41, 5.74) is -4.01. The Labute approximate surface area is 111 Å². The molecule has 0 spiro atoms. The maximum atomic E-state index is 13.6. The molecule has 0 radical (unpaired) electrons. The van der Waals surface area contributed by atoms with Crippen molar-refractivity contribution in [3.8, 4) is 11.3 Å². The van der Waals surface area contributed by atoms with Crippen LogP contribution >= 0.6 is 0 Å². The summed E-state index contributed by atoms with van der Waals surface area (Å²) in [6, 6.07) is 0.250. The fourth-order valence-electron chi connectivity index (χ4n) is 1.57. The fraction of sp³-hybridized carbons (Fsp3) is 0.